The van der Waals surface area contributed by atoms with E-state index >= 15 is 0 Å². The second-order valence-electron chi connectivity index (χ2n) is 6.76. The van der Waals surface area contributed by atoms with Gasteiger partial charge in [0.05, 0.1) is 25.5 Å². The minimum absolute atomic E-state index is 0.00435. The minimum atomic E-state index is -0.548. The number of rotatable bonds is 3. The van der Waals surface area contributed by atoms with E-state index in [0.717, 1.165) is 29.5 Å². The maximum Gasteiger partial charge on any atom is 0.253 e. The van der Waals surface area contributed by atoms with Crippen molar-refractivity contribution in [2.45, 2.75) is 30.9 Å². The molecule has 1 aromatic heterocycles. The van der Waals surface area contributed by atoms with Gasteiger partial charge in [0.1, 0.15) is 11.4 Å². The second-order valence-corrected chi connectivity index (χ2v) is 6.76. The van der Waals surface area contributed by atoms with Crippen molar-refractivity contribution in [3.05, 3.63) is 48.3 Å². The van der Waals surface area contributed by atoms with Crippen molar-refractivity contribution >= 4 is 5.91 Å². The summed E-state index contributed by atoms with van der Waals surface area (Å²) in [4.78, 5) is 16.6. The molecule has 1 atom stereocenters. The third kappa shape index (κ3) is 2.45. The van der Waals surface area contributed by atoms with Crippen LogP contribution in [0.5, 0.6) is 5.75 Å². The number of nitrogens with zero attached hydrogens (tertiary/aromatic N) is 1. The number of pyridine rings is 1. The zero-order chi connectivity index (χ0) is 16.8. The Bertz CT molecular complexity index is 801. The first kappa shape index (κ1) is 15.1. The topological polar surface area (TPSA) is 60.5 Å². The van der Waals surface area contributed by atoms with E-state index < -0.39 is 11.1 Å². The predicted molar refractivity (Wildman–Crippen MR) is 89.6 cm³/mol. The first-order valence-electron chi connectivity index (χ1n) is 8.11. The molecule has 1 amide bonds. The summed E-state index contributed by atoms with van der Waals surface area (Å²) in [5, 5.41) is 3.16. The van der Waals surface area contributed by atoms with Crippen LogP contribution >= 0.6 is 0 Å². The summed E-state index contributed by atoms with van der Waals surface area (Å²) in [6.07, 6.45) is 5.13. The molecule has 1 saturated carbocycles. The molecule has 4 rings (SSSR count). The summed E-state index contributed by atoms with van der Waals surface area (Å²) in [7, 11) is 1.63. The number of hydrogen-bond acceptors (Lipinski definition) is 4. The van der Waals surface area contributed by atoms with E-state index in [-0.39, 0.29) is 5.91 Å². The number of nitrogens with one attached hydrogen (secondary N) is 1. The van der Waals surface area contributed by atoms with Crippen LogP contribution in [0.25, 0.3) is 11.1 Å². The molecule has 5 heteroatoms. The zero-order valence-electron chi connectivity index (χ0n) is 13.8. The molecule has 2 aliphatic rings. The quantitative estimate of drug-likeness (QED) is 0.943. The van der Waals surface area contributed by atoms with Crippen molar-refractivity contribution in [1.82, 2.24) is 10.3 Å². The van der Waals surface area contributed by atoms with Crippen LogP contribution in [0.2, 0.25) is 0 Å². The lowest BCUT2D eigenvalue weighted by Gasteiger charge is -2.39. The number of ether oxygens (including phenoxy) is 2. The van der Waals surface area contributed by atoms with Gasteiger partial charge in [-0.3, -0.25) is 9.78 Å². The Morgan fingerprint density at radius 1 is 1.21 bits per heavy atom. The molecule has 1 saturated heterocycles. The van der Waals surface area contributed by atoms with Crippen molar-refractivity contribution in [2.75, 3.05) is 13.7 Å². The Kier molecular flexibility index (Phi) is 3.35. The fourth-order valence-electron chi connectivity index (χ4n) is 3.12. The van der Waals surface area contributed by atoms with Crippen LogP contribution in [0.3, 0.4) is 0 Å². The molecular formula is C19H20N2O3. The normalized spacial score (nSPS) is 24.5. The third-order valence-corrected chi connectivity index (χ3v) is 4.93. The molecule has 24 heavy (non-hydrogen) atoms. The maximum atomic E-state index is 12.3. The lowest BCUT2D eigenvalue weighted by atomic mass is 9.88. The van der Waals surface area contributed by atoms with Gasteiger partial charge in [0, 0.05) is 11.8 Å². The number of morpholine rings is 1. The molecule has 1 aromatic carbocycles. The average molecular weight is 324 g/mol. The van der Waals surface area contributed by atoms with Crippen LogP contribution < -0.4 is 10.1 Å². The highest BCUT2D eigenvalue weighted by atomic mass is 16.5. The maximum absolute atomic E-state index is 12.3. The number of hydrogen-bond donors (Lipinski definition) is 1. The van der Waals surface area contributed by atoms with E-state index in [4.69, 9.17) is 9.47 Å². The van der Waals surface area contributed by atoms with Crippen LogP contribution in [0.1, 0.15) is 25.3 Å². The van der Waals surface area contributed by atoms with Gasteiger partial charge in [0.15, 0.2) is 0 Å². The molecule has 2 fully saturated rings. The van der Waals surface area contributed by atoms with Gasteiger partial charge < -0.3 is 14.8 Å². The van der Waals surface area contributed by atoms with Gasteiger partial charge in [-0.1, -0.05) is 18.2 Å². The van der Waals surface area contributed by atoms with Gasteiger partial charge in [-0.2, -0.15) is 0 Å². The number of amides is 1. The van der Waals surface area contributed by atoms with Crippen LogP contribution in [-0.4, -0.2) is 30.2 Å². The smallest absolute Gasteiger partial charge is 0.253 e. The lowest BCUT2D eigenvalue weighted by Crippen LogP contribution is -2.57. The van der Waals surface area contributed by atoms with Gasteiger partial charge >= 0.3 is 0 Å². The molecule has 0 radical (unpaired) electrons. The van der Waals surface area contributed by atoms with Crippen LogP contribution in [-0.2, 0) is 15.1 Å². The predicted octanol–water partition coefficient (Wildman–Crippen LogP) is 2.65. The third-order valence-electron chi connectivity index (χ3n) is 4.93. The molecule has 1 spiro atoms. The number of carbonyl (C=O) groups is 1. The van der Waals surface area contributed by atoms with Crippen molar-refractivity contribution in [1.29, 1.82) is 0 Å². The molecule has 1 aliphatic heterocycles. The molecule has 124 valence electrons. The first-order chi connectivity index (χ1) is 11.5. The highest BCUT2D eigenvalue weighted by molar-refractivity contribution is 5.89. The lowest BCUT2D eigenvalue weighted by molar-refractivity contribution is -0.149. The molecule has 1 aliphatic carbocycles. The van der Waals surface area contributed by atoms with Gasteiger partial charge in [-0.25, -0.2) is 0 Å². The number of methoxy groups -OCH3 is 1. The Labute approximate surface area is 141 Å². The Morgan fingerprint density at radius 3 is 2.75 bits per heavy atom. The van der Waals surface area contributed by atoms with Gasteiger partial charge in [-0.05, 0) is 43.0 Å². The van der Waals surface area contributed by atoms with Crippen molar-refractivity contribution in [3.8, 4) is 16.9 Å². The highest BCUT2D eigenvalue weighted by Gasteiger charge is 2.56. The molecule has 5 nitrogen and oxygen atoms in total. The second kappa shape index (κ2) is 5.31. The summed E-state index contributed by atoms with van der Waals surface area (Å²) in [6.45, 7) is 2.49. The van der Waals surface area contributed by atoms with Gasteiger partial charge in [0.25, 0.3) is 5.91 Å². The Balaban J connectivity index is 1.66. The Hall–Kier alpha value is -2.40. The van der Waals surface area contributed by atoms with Crippen LogP contribution in [0, 0.1) is 0 Å². The van der Waals surface area contributed by atoms with Crippen LogP contribution in [0.15, 0.2) is 42.7 Å². The summed E-state index contributed by atoms with van der Waals surface area (Å²) in [6, 6.07) is 10.1. The molecule has 2 heterocycles. The monoisotopic (exact) mass is 324 g/mol. The van der Waals surface area contributed by atoms with E-state index in [0.29, 0.717) is 12.4 Å². The van der Waals surface area contributed by atoms with Crippen LogP contribution in [0.4, 0.5) is 0 Å². The summed E-state index contributed by atoms with van der Waals surface area (Å²) in [5.74, 6) is 0.721. The summed E-state index contributed by atoms with van der Waals surface area (Å²) < 4.78 is 11.1. The first-order valence-corrected chi connectivity index (χ1v) is 8.11. The molecule has 0 bridgehead atoms. The number of benzene rings is 1. The summed E-state index contributed by atoms with van der Waals surface area (Å²) >= 11 is 0. The fraction of sp³-hybridized carbons (Fsp3) is 0.368. The van der Waals surface area contributed by atoms with E-state index in [9.17, 15) is 4.79 Å². The SMILES string of the molecule is COc1cncc(-c2cccc(C3(C)COC4(CC4)C(=O)N3)c2)c1. The van der Waals surface area contributed by atoms with Gasteiger partial charge in [-0.15, -0.1) is 0 Å². The van der Waals surface area contributed by atoms with Crippen molar-refractivity contribution in [2.24, 2.45) is 0 Å². The van der Waals surface area contributed by atoms with E-state index in [1.807, 2.05) is 31.2 Å². The van der Waals surface area contributed by atoms with E-state index in [2.05, 4.69) is 16.4 Å². The van der Waals surface area contributed by atoms with Crippen molar-refractivity contribution < 1.29 is 14.3 Å². The average Bonchev–Trinajstić information content (AvgIpc) is 3.40. The Morgan fingerprint density at radius 2 is 2.04 bits per heavy atom. The molecular weight excluding hydrogens is 304 g/mol. The van der Waals surface area contributed by atoms with E-state index in [1.54, 1.807) is 19.5 Å². The molecule has 1 N–H and O–H groups in total. The highest BCUT2D eigenvalue weighted by Crippen LogP contribution is 2.44. The number of carbonyl (C=O) groups excluding carboxylic acids is 1. The molecule has 1 unspecified atom stereocenters. The zero-order valence-corrected chi connectivity index (χ0v) is 13.8. The van der Waals surface area contributed by atoms with Gasteiger partial charge in [0.2, 0.25) is 0 Å². The summed E-state index contributed by atoms with van der Waals surface area (Å²) in [5.41, 5.74) is 1.95. The standard InChI is InChI=1S/C19H20N2O3/c1-18(12-24-19(6-7-19)17(22)21-18)15-5-3-4-13(8-15)14-9-16(23-2)11-20-10-14/h3-5,8-11H,6-7,12H2,1-2H3,(H,21,22). The minimum Gasteiger partial charge on any atom is -0.495 e. The number of aromatic nitrogens is 1. The molecule has 2 aromatic rings. The van der Waals surface area contributed by atoms with E-state index in [1.165, 1.54) is 0 Å². The fourth-order valence-corrected chi connectivity index (χ4v) is 3.12. The largest absolute Gasteiger partial charge is 0.495 e. The van der Waals surface area contributed by atoms with Crippen molar-refractivity contribution in [3.63, 3.8) is 0 Å².